The number of nitrogens with zero attached hydrogens (tertiary/aromatic N) is 1. The molecular formula is C11H7Cl2N2O2S-. The van der Waals surface area contributed by atoms with E-state index in [2.05, 4.69) is 10.3 Å². The van der Waals surface area contributed by atoms with Gasteiger partial charge in [-0.1, -0.05) is 23.2 Å². The van der Waals surface area contributed by atoms with Gasteiger partial charge >= 0.3 is 0 Å². The van der Waals surface area contributed by atoms with Crippen molar-refractivity contribution < 1.29 is 9.90 Å². The summed E-state index contributed by atoms with van der Waals surface area (Å²) >= 11 is 13.1. The van der Waals surface area contributed by atoms with Crippen LogP contribution in [0.5, 0.6) is 0 Å². The predicted octanol–water partition coefficient (Wildman–Crippen LogP) is 2.49. The summed E-state index contributed by atoms with van der Waals surface area (Å²) in [5.74, 6) is -1.16. The Morgan fingerprint density at radius 1 is 1.44 bits per heavy atom. The zero-order valence-corrected chi connectivity index (χ0v) is 11.3. The number of halogens is 2. The highest BCUT2D eigenvalue weighted by Crippen LogP contribution is 2.29. The normalized spacial score (nSPS) is 10.3. The van der Waals surface area contributed by atoms with Crippen molar-refractivity contribution in [2.45, 2.75) is 6.42 Å². The number of carbonyl (C=O) groups is 1. The van der Waals surface area contributed by atoms with E-state index in [1.807, 2.05) is 0 Å². The summed E-state index contributed by atoms with van der Waals surface area (Å²) in [5, 5.41) is 16.7. The zero-order valence-electron chi connectivity index (χ0n) is 8.94. The third-order valence-electron chi connectivity index (χ3n) is 2.05. The van der Waals surface area contributed by atoms with Crippen LogP contribution in [-0.2, 0) is 11.2 Å². The largest absolute Gasteiger partial charge is 0.550 e. The van der Waals surface area contributed by atoms with Crippen molar-refractivity contribution in [3.8, 4) is 0 Å². The van der Waals surface area contributed by atoms with E-state index in [4.69, 9.17) is 23.2 Å². The van der Waals surface area contributed by atoms with Gasteiger partial charge in [0.05, 0.1) is 16.4 Å². The Kier molecular flexibility index (Phi) is 4.06. The van der Waals surface area contributed by atoms with Crippen molar-refractivity contribution in [3.05, 3.63) is 39.3 Å². The molecule has 0 saturated heterocycles. The van der Waals surface area contributed by atoms with E-state index in [-0.39, 0.29) is 6.42 Å². The number of hydrogen-bond acceptors (Lipinski definition) is 5. The average molecular weight is 302 g/mol. The van der Waals surface area contributed by atoms with Gasteiger partial charge in [0.25, 0.3) is 0 Å². The van der Waals surface area contributed by atoms with Gasteiger partial charge in [-0.05, 0) is 18.2 Å². The van der Waals surface area contributed by atoms with Gasteiger partial charge in [-0.3, -0.25) is 0 Å². The molecule has 0 radical (unpaired) electrons. The van der Waals surface area contributed by atoms with E-state index >= 15 is 0 Å². The topological polar surface area (TPSA) is 65.0 Å². The number of nitrogens with one attached hydrogen (secondary N) is 1. The third kappa shape index (κ3) is 3.35. The molecule has 0 bridgehead atoms. The number of carbonyl (C=O) groups excluding carboxylic acids is 1. The smallest absolute Gasteiger partial charge is 0.187 e. The maximum absolute atomic E-state index is 10.4. The highest BCUT2D eigenvalue weighted by Gasteiger charge is 2.05. The molecule has 0 unspecified atom stereocenters. The minimum absolute atomic E-state index is 0.202. The Labute approximate surface area is 117 Å². The van der Waals surface area contributed by atoms with E-state index in [0.29, 0.717) is 26.6 Å². The van der Waals surface area contributed by atoms with Crippen molar-refractivity contribution in [1.29, 1.82) is 0 Å². The van der Waals surface area contributed by atoms with Crippen LogP contribution in [0.1, 0.15) is 5.69 Å². The van der Waals surface area contributed by atoms with Gasteiger partial charge in [-0.2, -0.15) is 0 Å². The highest BCUT2D eigenvalue weighted by atomic mass is 35.5. The molecule has 7 heteroatoms. The second-order valence-electron chi connectivity index (χ2n) is 3.44. The maximum atomic E-state index is 10.4. The van der Waals surface area contributed by atoms with Crippen molar-refractivity contribution in [3.63, 3.8) is 0 Å². The molecule has 1 heterocycles. The molecule has 0 spiro atoms. The van der Waals surface area contributed by atoms with Gasteiger partial charge in [0.2, 0.25) is 0 Å². The zero-order chi connectivity index (χ0) is 13.1. The molecule has 2 aromatic rings. The molecule has 18 heavy (non-hydrogen) atoms. The molecule has 1 aromatic heterocycles. The van der Waals surface area contributed by atoms with Gasteiger partial charge in [-0.15, -0.1) is 11.3 Å². The van der Waals surface area contributed by atoms with E-state index in [9.17, 15) is 9.90 Å². The Hall–Kier alpha value is -1.30. The first-order chi connectivity index (χ1) is 8.54. The van der Waals surface area contributed by atoms with Gasteiger partial charge in [0.15, 0.2) is 5.13 Å². The first-order valence-electron chi connectivity index (χ1n) is 4.91. The fourth-order valence-electron chi connectivity index (χ4n) is 1.30. The number of aliphatic carboxylic acids is 1. The van der Waals surface area contributed by atoms with E-state index < -0.39 is 5.97 Å². The molecule has 0 saturated carbocycles. The van der Waals surface area contributed by atoms with Gasteiger partial charge < -0.3 is 15.2 Å². The van der Waals surface area contributed by atoms with E-state index in [1.54, 1.807) is 23.6 Å². The van der Waals surface area contributed by atoms with Crippen LogP contribution in [0.15, 0.2) is 23.6 Å². The summed E-state index contributed by atoms with van der Waals surface area (Å²) in [6.45, 7) is 0. The lowest BCUT2D eigenvalue weighted by Gasteiger charge is -2.05. The summed E-state index contributed by atoms with van der Waals surface area (Å²) in [6, 6.07) is 5.04. The van der Waals surface area contributed by atoms with Crippen molar-refractivity contribution >= 4 is 51.3 Å². The summed E-state index contributed by atoms with van der Waals surface area (Å²) < 4.78 is 0. The number of anilines is 2. The summed E-state index contributed by atoms with van der Waals surface area (Å²) in [4.78, 5) is 14.5. The van der Waals surface area contributed by atoms with Gasteiger partial charge in [-0.25, -0.2) is 4.98 Å². The molecule has 0 amide bonds. The number of aromatic nitrogens is 1. The number of carboxylic acid groups (broad SMARTS) is 1. The van der Waals surface area contributed by atoms with Crippen molar-refractivity contribution in [1.82, 2.24) is 4.98 Å². The molecule has 1 N–H and O–H groups in total. The monoisotopic (exact) mass is 301 g/mol. The number of thiazole rings is 1. The lowest BCUT2D eigenvalue weighted by Crippen LogP contribution is -2.24. The Bertz CT molecular complexity index is 586. The minimum Gasteiger partial charge on any atom is -0.550 e. The van der Waals surface area contributed by atoms with Crippen LogP contribution in [0.4, 0.5) is 10.8 Å². The number of carboxylic acids is 1. The summed E-state index contributed by atoms with van der Waals surface area (Å²) in [5.41, 5.74) is 1.11. The van der Waals surface area contributed by atoms with Crippen LogP contribution in [0, 0.1) is 0 Å². The molecule has 0 aliphatic heterocycles. The van der Waals surface area contributed by atoms with E-state index in [1.165, 1.54) is 11.3 Å². The third-order valence-corrected chi connectivity index (χ3v) is 3.40. The Morgan fingerprint density at radius 2 is 2.22 bits per heavy atom. The molecule has 0 atom stereocenters. The standard InChI is InChI=1S/C11H8Cl2N2O2S/c12-6-1-2-9(8(13)3-6)15-11-14-7(5-18-11)4-10(16)17/h1-3,5H,4H2,(H,14,15)(H,16,17)/p-1. The molecular weight excluding hydrogens is 295 g/mol. The fraction of sp³-hybridized carbons (Fsp3) is 0.0909. The van der Waals surface area contributed by atoms with Crippen LogP contribution in [0.2, 0.25) is 10.0 Å². The summed E-state index contributed by atoms with van der Waals surface area (Å²) in [7, 11) is 0. The minimum atomic E-state index is -1.16. The van der Waals surface area contributed by atoms with E-state index in [0.717, 1.165) is 0 Å². The summed E-state index contributed by atoms with van der Waals surface area (Å²) in [6.07, 6.45) is -0.202. The SMILES string of the molecule is O=C([O-])Cc1csc(Nc2ccc(Cl)cc2Cl)n1. The van der Waals surface area contributed by atoms with Crippen LogP contribution >= 0.6 is 34.5 Å². The number of hydrogen-bond donors (Lipinski definition) is 1. The molecule has 4 nitrogen and oxygen atoms in total. The number of benzene rings is 1. The van der Waals surface area contributed by atoms with Crippen molar-refractivity contribution in [2.24, 2.45) is 0 Å². The Morgan fingerprint density at radius 3 is 2.89 bits per heavy atom. The molecule has 0 aliphatic rings. The number of rotatable bonds is 4. The van der Waals surface area contributed by atoms with Gasteiger partial charge in [0.1, 0.15) is 0 Å². The molecule has 1 aromatic carbocycles. The van der Waals surface area contributed by atoms with Crippen LogP contribution in [0.25, 0.3) is 0 Å². The van der Waals surface area contributed by atoms with Crippen LogP contribution in [-0.4, -0.2) is 11.0 Å². The van der Waals surface area contributed by atoms with Crippen LogP contribution in [0.3, 0.4) is 0 Å². The second-order valence-corrected chi connectivity index (χ2v) is 5.14. The first kappa shape index (κ1) is 13.1. The molecule has 94 valence electrons. The highest BCUT2D eigenvalue weighted by molar-refractivity contribution is 7.13. The molecule has 0 aliphatic carbocycles. The predicted molar refractivity (Wildman–Crippen MR) is 70.6 cm³/mol. The molecule has 2 rings (SSSR count). The van der Waals surface area contributed by atoms with Crippen molar-refractivity contribution in [2.75, 3.05) is 5.32 Å². The van der Waals surface area contributed by atoms with Gasteiger partial charge in [0, 0.05) is 22.8 Å². The maximum Gasteiger partial charge on any atom is 0.187 e. The Balaban J connectivity index is 2.13. The molecule has 0 fully saturated rings. The lowest BCUT2D eigenvalue weighted by molar-refractivity contribution is -0.304. The quantitative estimate of drug-likeness (QED) is 0.942. The lowest BCUT2D eigenvalue weighted by atomic mass is 10.3. The first-order valence-corrected chi connectivity index (χ1v) is 6.54. The fourth-order valence-corrected chi connectivity index (χ4v) is 2.48. The van der Waals surface area contributed by atoms with Crippen LogP contribution < -0.4 is 10.4 Å². The average Bonchev–Trinajstić information content (AvgIpc) is 2.69. The second kappa shape index (κ2) is 5.56.